The molecule has 0 aromatic rings. The van der Waals surface area contributed by atoms with E-state index in [4.69, 9.17) is 10.5 Å². The van der Waals surface area contributed by atoms with Gasteiger partial charge in [0.2, 0.25) is 0 Å². The van der Waals surface area contributed by atoms with Gasteiger partial charge in [-0.3, -0.25) is 4.79 Å². The Morgan fingerprint density at radius 3 is 2.69 bits per heavy atom. The Morgan fingerprint density at radius 2 is 2.19 bits per heavy atom. The molecule has 4 nitrogen and oxygen atoms in total. The third kappa shape index (κ3) is 4.49. The van der Waals surface area contributed by atoms with E-state index in [1.807, 2.05) is 6.92 Å². The molecule has 2 N–H and O–H groups in total. The van der Waals surface area contributed by atoms with E-state index in [0.29, 0.717) is 6.42 Å². The molecule has 1 fully saturated rings. The summed E-state index contributed by atoms with van der Waals surface area (Å²) in [4.78, 5) is 11.4. The minimum Gasteiger partial charge on any atom is -0.468 e. The van der Waals surface area contributed by atoms with Crippen LogP contribution in [-0.2, 0) is 14.3 Å². The summed E-state index contributed by atoms with van der Waals surface area (Å²) >= 11 is 0. The van der Waals surface area contributed by atoms with Gasteiger partial charge in [0, 0.05) is 13.0 Å². The summed E-state index contributed by atoms with van der Waals surface area (Å²) in [6.07, 6.45) is 4.30. The number of esters is 1. The highest BCUT2D eigenvalue weighted by molar-refractivity contribution is 5.79. The fourth-order valence-corrected chi connectivity index (χ4v) is 1.81. The number of carbonyl (C=O) groups excluding carboxylic acids is 1. The molecule has 1 aliphatic rings. The predicted octanol–water partition coefficient (Wildman–Crippen LogP) is 1.47. The molecule has 0 spiro atoms. The molecular formula is C12H23NO3. The molecule has 4 heteroatoms. The monoisotopic (exact) mass is 229 g/mol. The van der Waals surface area contributed by atoms with Crippen LogP contribution in [0.5, 0.6) is 0 Å². The molecule has 0 aromatic heterocycles. The third-order valence-electron chi connectivity index (χ3n) is 2.99. The van der Waals surface area contributed by atoms with Crippen LogP contribution in [-0.4, -0.2) is 31.3 Å². The topological polar surface area (TPSA) is 61.5 Å². The maximum absolute atomic E-state index is 11.4. The second-order valence-corrected chi connectivity index (χ2v) is 5.03. The van der Waals surface area contributed by atoms with Crippen molar-refractivity contribution in [1.82, 2.24) is 0 Å². The fraction of sp³-hybridized carbons (Fsp3) is 0.917. The van der Waals surface area contributed by atoms with Gasteiger partial charge in [-0.15, -0.1) is 0 Å². The highest BCUT2D eigenvalue weighted by atomic mass is 16.5. The van der Waals surface area contributed by atoms with Gasteiger partial charge in [0.05, 0.1) is 13.2 Å². The van der Waals surface area contributed by atoms with Crippen LogP contribution in [0.1, 0.15) is 39.5 Å². The Morgan fingerprint density at radius 1 is 1.56 bits per heavy atom. The number of hydrogen-bond acceptors (Lipinski definition) is 4. The fourth-order valence-electron chi connectivity index (χ4n) is 1.81. The van der Waals surface area contributed by atoms with Crippen molar-refractivity contribution in [2.45, 2.75) is 51.2 Å². The van der Waals surface area contributed by atoms with Gasteiger partial charge >= 0.3 is 5.97 Å². The second-order valence-electron chi connectivity index (χ2n) is 5.03. The summed E-state index contributed by atoms with van der Waals surface area (Å²) < 4.78 is 10.3. The quantitative estimate of drug-likeness (QED) is 0.672. The normalized spacial score (nSPS) is 21.2. The van der Waals surface area contributed by atoms with E-state index >= 15 is 0 Å². The zero-order valence-electron chi connectivity index (χ0n) is 10.5. The minimum absolute atomic E-state index is 0.00662. The lowest BCUT2D eigenvalue weighted by atomic mass is 9.96. The van der Waals surface area contributed by atoms with Gasteiger partial charge in [0.1, 0.15) is 5.54 Å². The zero-order chi connectivity index (χ0) is 12.2. The summed E-state index contributed by atoms with van der Waals surface area (Å²) in [6.45, 7) is 4.39. The first-order valence-electron chi connectivity index (χ1n) is 5.94. The minimum atomic E-state index is -0.951. The highest BCUT2D eigenvalue weighted by Crippen LogP contribution is 2.32. The molecule has 2 unspecified atom stereocenters. The Kier molecular flexibility index (Phi) is 4.74. The van der Waals surface area contributed by atoms with Gasteiger partial charge in [-0.05, 0) is 26.2 Å². The lowest BCUT2D eigenvalue weighted by Gasteiger charge is -2.25. The molecule has 0 aromatic carbocycles. The van der Waals surface area contributed by atoms with Crippen LogP contribution in [0.4, 0.5) is 0 Å². The maximum atomic E-state index is 11.4. The van der Waals surface area contributed by atoms with Crippen molar-refractivity contribution in [2.24, 2.45) is 11.7 Å². The van der Waals surface area contributed by atoms with Crippen molar-refractivity contribution in [2.75, 3.05) is 13.7 Å². The highest BCUT2D eigenvalue weighted by Gasteiger charge is 2.31. The largest absolute Gasteiger partial charge is 0.468 e. The van der Waals surface area contributed by atoms with Crippen LogP contribution in [0, 0.1) is 5.92 Å². The SMILES string of the molecule is COC(=O)C(C)(N)CC(C)OCCC1CC1. The predicted molar refractivity (Wildman–Crippen MR) is 62.0 cm³/mol. The summed E-state index contributed by atoms with van der Waals surface area (Å²) in [5.41, 5.74) is 4.91. The molecule has 1 aliphatic carbocycles. The number of carbonyl (C=O) groups is 1. The Labute approximate surface area is 97.5 Å². The van der Waals surface area contributed by atoms with Gasteiger partial charge in [0.25, 0.3) is 0 Å². The molecule has 1 saturated carbocycles. The van der Waals surface area contributed by atoms with E-state index in [0.717, 1.165) is 18.9 Å². The van der Waals surface area contributed by atoms with E-state index in [-0.39, 0.29) is 12.1 Å². The lowest BCUT2D eigenvalue weighted by Crippen LogP contribution is -2.48. The molecule has 0 aliphatic heterocycles. The Hall–Kier alpha value is -0.610. The second kappa shape index (κ2) is 5.64. The van der Waals surface area contributed by atoms with Crippen molar-refractivity contribution >= 4 is 5.97 Å². The molecule has 0 amide bonds. The standard InChI is InChI=1S/C12H23NO3/c1-9(16-7-6-10-4-5-10)8-12(2,13)11(14)15-3/h9-10H,4-8,13H2,1-3H3. The van der Waals surface area contributed by atoms with Crippen molar-refractivity contribution < 1.29 is 14.3 Å². The van der Waals surface area contributed by atoms with E-state index in [1.165, 1.54) is 20.0 Å². The van der Waals surface area contributed by atoms with Crippen LogP contribution in [0.25, 0.3) is 0 Å². The van der Waals surface area contributed by atoms with Crippen LogP contribution in [0.2, 0.25) is 0 Å². The molecule has 2 atom stereocenters. The third-order valence-corrected chi connectivity index (χ3v) is 2.99. The average Bonchev–Trinajstić information content (AvgIpc) is 2.99. The van der Waals surface area contributed by atoms with Crippen LogP contribution in [0.3, 0.4) is 0 Å². The number of nitrogens with two attached hydrogens (primary N) is 1. The molecule has 0 heterocycles. The van der Waals surface area contributed by atoms with E-state index in [2.05, 4.69) is 4.74 Å². The smallest absolute Gasteiger partial charge is 0.325 e. The zero-order valence-corrected chi connectivity index (χ0v) is 10.5. The Bertz CT molecular complexity index is 236. The number of rotatable bonds is 7. The molecule has 94 valence electrons. The summed E-state index contributed by atoms with van der Waals surface area (Å²) in [5, 5.41) is 0. The first-order chi connectivity index (χ1) is 7.45. The Balaban J connectivity index is 2.19. The molecular weight excluding hydrogens is 206 g/mol. The van der Waals surface area contributed by atoms with Crippen molar-refractivity contribution in [3.8, 4) is 0 Å². The van der Waals surface area contributed by atoms with E-state index in [9.17, 15) is 4.79 Å². The van der Waals surface area contributed by atoms with Gasteiger partial charge in [-0.2, -0.15) is 0 Å². The van der Waals surface area contributed by atoms with Crippen LogP contribution < -0.4 is 5.73 Å². The number of methoxy groups -OCH3 is 1. The van der Waals surface area contributed by atoms with Crippen molar-refractivity contribution in [3.05, 3.63) is 0 Å². The van der Waals surface area contributed by atoms with E-state index < -0.39 is 5.54 Å². The number of ether oxygens (including phenoxy) is 2. The molecule has 0 bridgehead atoms. The van der Waals surface area contributed by atoms with Crippen LogP contribution >= 0.6 is 0 Å². The van der Waals surface area contributed by atoms with Gasteiger partial charge in [-0.25, -0.2) is 0 Å². The summed E-state index contributed by atoms with van der Waals surface area (Å²) in [5.74, 6) is 0.488. The van der Waals surface area contributed by atoms with Crippen molar-refractivity contribution in [3.63, 3.8) is 0 Å². The van der Waals surface area contributed by atoms with Crippen LogP contribution in [0.15, 0.2) is 0 Å². The summed E-state index contributed by atoms with van der Waals surface area (Å²) in [6, 6.07) is 0. The summed E-state index contributed by atoms with van der Waals surface area (Å²) in [7, 11) is 1.35. The molecule has 0 saturated heterocycles. The van der Waals surface area contributed by atoms with E-state index in [1.54, 1.807) is 6.92 Å². The van der Waals surface area contributed by atoms with Crippen molar-refractivity contribution in [1.29, 1.82) is 0 Å². The average molecular weight is 229 g/mol. The maximum Gasteiger partial charge on any atom is 0.325 e. The first kappa shape index (κ1) is 13.5. The first-order valence-corrected chi connectivity index (χ1v) is 5.94. The molecule has 1 rings (SSSR count). The van der Waals surface area contributed by atoms with Gasteiger partial charge in [-0.1, -0.05) is 12.8 Å². The number of hydrogen-bond donors (Lipinski definition) is 1. The van der Waals surface area contributed by atoms with Gasteiger partial charge < -0.3 is 15.2 Å². The lowest BCUT2D eigenvalue weighted by molar-refractivity contribution is -0.147. The molecule has 0 radical (unpaired) electrons. The van der Waals surface area contributed by atoms with Gasteiger partial charge in [0.15, 0.2) is 0 Å². The molecule has 16 heavy (non-hydrogen) atoms.